The maximum atomic E-state index is 13.6. The lowest BCUT2D eigenvalue weighted by molar-refractivity contribution is -0.274. The highest BCUT2D eigenvalue weighted by Gasteiger charge is 2.30. The number of carbonyl (C=O) groups excluding carboxylic acids is 1. The first kappa shape index (κ1) is 16.3. The molecule has 22 heavy (non-hydrogen) atoms. The monoisotopic (exact) mass is 377 g/mol. The fraction of sp³-hybridized carbons (Fsp3) is 0.0714. The molecule has 0 aromatic heterocycles. The van der Waals surface area contributed by atoms with Gasteiger partial charge in [-0.05, 0) is 42.5 Å². The van der Waals surface area contributed by atoms with Crippen molar-refractivity contribution in [1.82, 2.24) is 0 Å². The van der Waals surface area contributed by atoms with Crippen molar-refractivity contribution in [3.05, 3.63) is 58.3 Å². The van der Waals surface area contributed by atoms with Crippen molar-refractivity contribution in [1.29, 1.82) is 0 Å². The highest BCUT2D eigenvalue weighted by atomic mass is 79.9. The maximum Gasteiger partial charge on any atom is 0.573 e. The average molecular weight is 378 g/mol. The summed E-state index contributed by atoms with van der Waals surface area (Å²) in [5.41, 5.74) is 0.0284. The molecule has 0 radical (unpaired) electrons. The fourth-order valence-electron chi connectivity index (χ4n) is 1.61. The minimum absolute atomic E-state index is 0.182. The van der Waals surface area contributed by atoms with Crippen molar-refractivity contribution in [3.63, 3.8) is 0 Å². The molecule has 0 saturated carbocycles. The number of ether oxygens (including phenoxy) is 1. The highest BCUT2D eigenvalue weighted by molar-refractivity contribution is 9.10. The molecule has 0 aliphatic carbocycles. The van der Waals surface area contributed by atoms with Crippen molar-refractivity contribution < 1.29 is 27.1 Å². The van der Waals surface area contributed by atoms with E-state index in [-0.39, 0.29) is 11.3 Å². The Morgan fingerprint density at radius 1 is 1.09 bits per heavy atom. The quantitative estimate of drug-likeness (QED) is 0.784. The van der Waals surface area contributed by atoms with Crippen LogP contribution in [0.2, 0.25) is 0 Å². The number of hydrogen-bond donors (Lipinski definition) is 1. The highest BCUT2D eigenvalue weighted by Crippen LogP contribution is 2.24. The van der Waals surface area contributed by atoms with Crippen LogP contribution in [-0.4, -0.2) is 12.3 Å². The number of anilines is 1. The number of carbonyl (C=O) groups is 1. The lowest BCUT2D eigenvalue weighted by atomic mass is 10.2. The van der Waals surface area contributed by atoms with Crippen molar-refractivity contribution >= 4 is 27.5 Å². The van der Waals surface area contributed by atoms with Gasteiger partial charge < -0.3 is 10.1 Å². The molecule has 1 amide bonds. The topological polar surface area (TPSA) is 38.3 Å². The Balaban J connectivity index is 2.09. The van der Waals surface area contributed by atoms with Gasteiger partial charge in [0.1, 0.15) is 11.6 Å². The molecule has 3 nitrogen and oxygen atoms in total. The van der Waals surface area contributed by atoms with Crippen LogP contribution in [0, 0.1) is 5.82 Å². The van der Waals surface area contributed by atoms with Crippen LogP contribution in [0.5, 0.6) is 5.75 Å². The third-order valence-electron chi connectivity index (χ3n) is 2.52. The molecule has 0 heterocycles. The third-order valence-corrected chi connectivity index (χ3v) is 3.01. The standard InChI is InChI=1S/C14H8BrF4NO2/c15-8-1-6-11(12(16)7-8)13(21)20-9-2-4-10(5-3-9)22-14(17,18)19/h1-7H,(H,20,21). The predicted molar refractivity (Wildman–Crippen MR) is 75.2 cm³/mol. The van der Waals surface area contributed by atoms with Gasteiger partial charge in [-0.3, -0.25) is 4.79 Å². The van der Waals surface area contributed by atoms with E-state index in [9.17, 15) is 22.4 Å². The molecule has 0 aliphatic heterocycles. The van der Waals surface area contributed by atoms with Crippen LogP contribution in [0.25, 0.3) is 0 Å². The van der Waals surface area contributed by atoms with Gasteiger partial charge in [-0.25, -0.2) is 4.39 Å². The first-order valence-electron chi connectivity index (χ1n) is 5.87. The molecule has 1 N–H and O–H groups in total. The van der Waals surface area contributed by atoms with E-state index < -0.39 is 23.8 Å². The summed E-state index contributed by atoms with van der Waals surface area (Å²) >= 11 is 3.07. The predicted octanol–water partition coefficient (Wildman–Crippen LogP) is 4.74. The van der Waals surface area contributed by atoms with Crippen LogP contribution in [0.15, 0.2) is 46.9 Å². The first-order chi connectivity index (χ1) is 10.2. The van der Waals surface area contributed by atoms with Crippen molar-refractivity contribution in [2.45, 2.75) is 6.36 Å². The second-order valence-electron chi connectivity index (χ2n) is 4.15. The molecule has 0 fully saturated rings. The zero-order valence-corrected chi connectivity index (χ0v) is 12.3. The normalized spacial score (nSPS) is 11.1. The van der Waals surface area contributed by atoms with E-state index in [2.05, 4.69) is 26.0 Å². The number of amides is 1. The second kappa shape index (κ2) is 6.35. The smallest absolute Gasteiger partial charge is 0.406 e. The molecule has 0 spiro atoms. The van der Waals surface area contributed by atoms with Crippen LogP contribution >= 0.6 is 15.9 Å². The number of hydrogen-bond acceptors (Lipinski definition) is 2. The molecular formula is C14H8BrF4NO2. The Kier molecular flexibility index (Phi) is 4.70. The van der Waals surface area contributed by atoms with Gasteiger partial charge in [-0.1, -0.05) is 15.9 Å². The van der Waals surface area contributed by atoms with Crippen LogP contribution in [-0.2, 0) is 0 Å². The lowest BCUT2D eigenvalue weighted by Gasteiger charge is -2.10. The van der Waals surface area contributed by atoms with Gasteiger partial charge in [-0.15, -0.1) is 13.2 Å². The Morgan fingerprint density at radius 2 is 1.73 bits per heavy atom. The van der Waals surface area contributed by atoms with Gasteiger partial charge in [0.15, 0.2) is 0 Å². The van der Waals surface area contributed by atoms with Crippen molar-refractivity contribution in [2.24, 2.45) is 0 Å². The zero-order valence-electron chi connectivity index (χ0n) is 10.7. The largest absolute Gasteiger partial charge is 0.573 e. The summed E-state index contributed by atoms with van der Waals surface area (Å²) in [5, 5.41) is 2.38. The van der Waals surface area contributed by atoms with E-state index in [1.807, 2.05) is 0 Å². The fourth-order valence-corrected chi connectivity index (χ4v) is 1.95. The van der Waals surface area contributed by atoms with Gasteiger partial charge in [-0.2, -0.15) is 0 Å². The number of benzene rings is 2. The van der Waals surface area contributed by atoms with Crippen molar-refractivity contribution in [3.8, 4) is 5.75 Å². The summed E-state index contributed by atoms with van der Waals surface area (Å²) in [7, 11) is 0. The second-order valence-corrected chi connectivity index (χ2v) is 5.07. The molecular weight excluding hydrogens is 370 g/mol. The van der Waals surface area contributed by atoms with Gasteiger partial charge in [0.05, 0.1) is 5.56 Å². The minimum Gasteiger partial charge on any atom is -0.406 e. The molecule has 0 atom stereocenters. The van der Waals surface area contributed by atoms with E-state index >= 15 is 0 Å². The van der Waals surface area contributed by atoms with E-state index in [4.69, 9.17) is 0 Å². The number of nitrogens with one attached hydrogen (secondary N) is 1. The minimum atomic E-state index is -4.79. The summed E-state index contributed by atoms with van der Waals surface area (Å²) in [4.78, 5) is 11.9. The molecule has 0 saturated heterocycles. The summed E-state index contributed by atoms with van der Waals surface area (Å²) in [5.74, 6) is -1.85. The Labute approximate surface area is 131 Å². The maximum absolute atomic E-state index is 13.6. The Hall–Kier alpha value is -2.09. The number of rotatable bonds is 3. The van der Waals surface area contributed by atoms with Gasteiger partial charge in [0, 0.05) is 10.2 Å². The van der Waals surface area contributed by atoms with Crippen LogP contribution in [0.1, 0.15) is 10.4 Å². The van der Waals surface area contributed by atoms with Crippen molar-refractivity contribution in [2.75, 3.05) is 5.32 Å². The molecule has 2 aromatic carbocycles. The van der Waals surface area contributed by atoms with E-state index in [1.165, 1.54) is 24.3 Å². The molecule has 2 rings (SSSR count). The molecule has 116 valence electrons. The van der Waals surface area contributed by atoms with E-state index in [0.29, 0.717) is 4.47 Å². The zero-order chi connectivity index (χ0) is 16.3. The summed E-state index contributed by atoms with van der Waals surface area (Å²) in [6.45, 7) is 0. The molecule has 8 heteroatoms. The summed E-state index contributed by atoms with van der Waals surface area (Å²) < 4.78 is 53.8. The number of halogens is 5. The first-order valence-corrected chi connectivity index (χ1v) is 6.66. The summed E-state index contributed by atoms with van der Waals surface area (Å²) in [6.07, 6.45) is -4.79. The SMILES string of the molecule is O=C(Nc1ccc(OC(F)(F)F)cc1)c1ccc(Br)cc1F. The van der Waals surface area contributed by atoms with Crippen LogP contribution < -0.4 is 10.1 Å². The number of alkyl halides is 3. The summed E-state index contributed by atoms with van der Waals surface area (Å²) in [6, 6.07) is 8.44. The molecule has 0 aliphatic rings. The molecule has 0 bridgehead atoms. The van der Waals surface area contributed by atoms with Gasteiger partial charge >= 0.3 is 6.36 Å². The van der Waals surface area contributed by atoms with Crippen LogP contribution in [0.3, 0.4) is 0 Å². The van der Waals surface area contributed by atoms with Gasteiger partial charge in [0.2, 0.25) is 0 Å². The van der Waals surface area contributed by atoms with Crippen LogP contribution in [0.4, 0.5) is 23.2 Å². The molecule has 2 aromatic rings. The Bertz CT molecular complexity index is 686. The van der Waals surface area contributed by atoms with Gasteiger partial charge in [0.25, 0.3) is 5.91 Å². The van der Waals surface area contributed by atoms with E-state index in [0.717, 1.165) is 18.2 Å². The van der Waals surface area contributed by atoms with E-state index in [1.54, 1.807) is 0 Å². The molecule has 0 unspecified atom stereocenters. The third kappa shape index (κ3) is 4.45. The average Bonchev–Trinajstić information content (AvgIpc) is 2.39. The Morgan fingerprint density at radius 3 is 2.27 bits per heavy atom. The lowest BCUT2D eigenvalue weighted by Crippen LogP contribution is -2.17.